The number of carbonyl (C=O) groups excluding carboxylic acids is 1. The number of fused-ring (bicyclic) bond motifs is 1. The van der Waals surface area contributed by atoms with Crippen LogP contribution in [0, 0.1) is 11.3 Å². The topological polar surface area (TPSA) is 50.8 Å². The molecule has 2 amide bonds. The van der Waals surface area contributed by atoms with E-state index < -0.39 is 0 Å². The average molecular weight is 342 g/mol. The van der Waals surface area contributed by atoms with Crippen LogP contribution in [0.4, 0.5) is 4.79 Å². The number of urea groups is 1. The van der Waals surface area contributed by atoms with Crippen LogP contribution >= 0.6 is 0 Å². The Morgan fingerprint density at radius 3 is 2.76 bits per heavy atom. The zero-order chi connectivity index (χ0) is 16.9. The molecule has 0 bridgehead atoms. The van der Waals surface area contributed by atoms with Gasteiger partial charge in [0.1, 0.15) is 0 Å². The van der Waals surface area contributed by atoms with Crippen molar-refractivity contribution in [2.75, 3.05) is 39.5 Å². The SMILES string of the molecule is O=C(NC1CC12CCOCC2)N1C[C@@H]2COC[C@]2(c2ccccc2)C1. The van der Waals surface area contributed by atoms with Crippen molar-refractivity contribution in [3.8, 4) is 0 Å². The first kappa shape index (κ1) is 15.6. The molecule has 5 nitrogen and oxygen atoms in total. The van der Waals surface area contributed by atoms with Crippen LogP contribution in [0.25, 0.3) is 0 Å². The highest BCUT2D eigenvalue weighted by Crippen LogP contribution is 2.53. The van der Waals surface area contributed by atoms with Crippen LogP contribution in [0.2, 0.25) is 0 Å². The fourth-order valence-corrected chi connectivity index (χ4v) is 5.19. The van der Waals surface area contributed by atoms with Gasteiger partial charge in [-0.25, -0.2) is 4.79 Å². The molecular weight excluding hydrogens is 316 g/mol. The first-order valence-corrected chi connectivity index (χ1v) is 9.48. The van der Waals surface area contributed by atoms with E-state index in [0.717, 1.165) is 58.8 Å². The summed E-state index contributed by atoms with van der Waals surface area (Å²) in [6.45, 7) is 4.71. The van der Waals surface area contributed by atoms with E-state index in [4.69, 9.17) is 9.47 Å². The zero-order valence-corrected chi connectivity index (χ0v) is 14.6. The summed E-state index contributed by atoms with van der Waals surface area (Å²) in [4.78, 5) is 14.9. The minimum Gasteiger partial charge on any atom is -0.381 e. The maximum Gasteiger partial charge on any atom is 0.317 e. The van der Waals surface area contributed by atoms with Crippen LogP contribution in [0.5, 0.6) is 0 Å². The van der Waals surface area contributed by atoms with Crippen molar-refractivity contribution >= 4 is 6.03 Å². The fourth-order valence-electron chi connectivity index (χ4n) is 5.19. The third-order valence-corrected chi connectivity index (χ3v) is 6.99. The second-order valence-corrected chi connectivity index (χ2v) is 8.30. The number of hydrogen-bond acceptors (Lipinski definition) is 3. The largest absolute Gasteiger partial charge is 0.381 e. The van der Waals surface area contributed by atoms with Gasteiger partial charge in [0.2, 0.25) is 0 Å². The third-order valence-electron chi connectivity index (χ3n) is 6.99. The summed E-state index contributed by atoms with van der Waals surface area (Å²) >= 11 is 0. The number of amides is 2. The quantitative estimate of drug-likeness (QED) is 0.896. The summed E-state index contributed by atoms with van der Waals surface area (Å²) in [7, 11) is 0. The van der Waals surface area contributed by atoms with Gasteiger partial charge in [-0.1, -0.05) is 30.3 Å². The molecule has 1 aromatic carbocycles. The molecule has 5 rings (SSSR count). The van der Waals surface area contributed by atoms with Gasteiger partial charge < -0.3 is 19.7 Å². The normalized spacial score (nSPS) is 35.6. The van der Waals surface area contributed by atoms with E-state index in [9.17, 15) is 4.79 Å². The molecule has 4 aliphatic rings. The Balaban J connectivity index is 1.28. The molecule has 4 fully saturated rings. The number of nitrogens with one attached hydrogen (secondary N) is 1. The highest BCUT2D eigenvalue weighted by atomic mass is 16.5. The van der Waals surface area contributed by atoms with E-state index in [1.54, 1.807) is 0 Å². The Morgan fingerprint density at radius 1 is 1.16 bits per heavy atom. The van der Waals surface area contributed by atoms with Crippen molar-refractivity contribution in [1.82, 2.24) is 10.2 Å². The van der Waals surface area contributed by atoms with E-state index >= 15 is 0 Å². The molecule has 25 heavy (non-hydrogen) atoms. The second-order valence-electron chi connectivity index (χ2n) is 8.30. The lowest BCUT2D eigenvalue weighted by Gasteiger charge is -2.28. The highest BCUT2D eigenvalue weighted by molar-refractivity contribution is 5.76. The Kier molecular flexibility index (Phi) is 3.57. The van der Waals surface area contributed by atoms with E-state index in [2.05, 4.69) is 29.6 Å². The van der Waals surface area contributed by atoms with Gasteiger partial charge in [-0.2, -0.15) is 0 Å². The van der Waals surface area contributed by atoms with Gasteiger partial charge in [0.25, 0.3) is 0 Å². The molecule has 3 atom stereocenters. The summed E-state index contributed by atoms with van der Waals surface area (Å²) < 4.78 is 11.3. The predicted molar refractivity (Wildman–Crippen MR) is 93.4 cm³/mol. The van der Waals surface area contributed by atoms with Gasteiger partial charge >= 0.3 is 6.03 Å². The van der Waals surface area contributed by atoms with Crippen molar-refractivity contribution < 1.29 is 14.3 Å². The average Bonchev–Trinajstić information content (AvgIpc) is 2.98. The van der Waals surface area contributed by atoms with Gasteiger partial charge in [-0.15, -0.1) is 0 Å². The highest BCUT2D eigenvalue weighted by Gasteiger charge is 2.57. The van der Waals surface area contributed by atoms with Crippen LogP contribution in [0.3, 0.4) is 0 Å². The molecule has 1 saturated carbocycles. The molecule has 3 heterocycles. The lowest BCUT2D eigenvalue weighted by Crippen LogP contribution is -2.44. The second kappa shape index (κ2) is 5.71. The molecular formula is C20H26N2O3. The predicted octanol–water partition coefficient (Wildman–Crippen LogP) is 2.17. The molecule has 1 unspecified atom stereocenters. The van der Waals surface area contributed by atoms with Gasteiger partial charge in [0.15, 0.2) is 0 Å². The number of likely N-dealkylation sites (tertiary alicyclic amines) is 1. The number of ether oxygens (including phenoxy) is 2. The van der Waals surface area contributed by atoms with Crippen molar-refractivity contribution in [3.05, 3.63) is 35.9 Å². The Morgan fingerprint density at radius 2 is 1.96 bits per heavy atom. The molecule has 3 aliphatic heterocycles. The molecule has 134 valence electrons. The van der Waals surface area contributed by atoms with E-state index in [-0.39, 0.29) is 11.4 Å². The minimum atomic E-state index is -0.0292. The summed E-state index contributed by atoms with van der Waals surface area (Å²) in [5, 5.41) is 3.30. The molecule has 1 spiro atoms. The summed E-state index contributed by atoms with van der Waals surface area (Å²) in [5.41, 5.74) is 1.60. The van der Waals surface area contributed by atoms with Gasteiger partial charge in [0.05, 0.1) is 13.2 Å². The third kappa shape index (κ3) is 2.48. The minimum absolute atomic E-state index is 0.0292. The maximum absolute atomic E-state index is 12.9. The standard InChI is InChI=1S/C20H26N2O3/c23-18(21-17-10-19(17)6-8-24-9-7-19)22-11-16-12-25-14-20(16,13-22)15-4-2-1-3-5-15/h1-5,16-17H,6-14H2,(H,21,23)/t16-,17?,20+/m1/s1. The number of rotatable bonds is 2. The monoisotopic (exact) mass is 342 g/mol. The van der Waals surface area contributed by atoms with Gasteiger partial charge in [0, 0.05) is 43.7 Å². The maximum atomic E-state index is 12.9. The van der Waals surface area contributed by atoms with Crippen molar-refractivity contribution in [1.29, 1.82) is 0 Å². The number of carbonyl (C=O) groups is 1. The van der Waals surface area contributed by atoms with Crippen LogP contribution in [-0.2, 0) is 14.9 Å². The summed E-state index contributed by atoms with van der Waals surface area (Å²) in [6, 6.07) is 11.0. The Labute approximate surface area is 148 Å². The molecule has 0 aromatic heterocycles. The first-order chi connectivity index (χ1) is 12.2. The van der Waals surface area contributed by atoms with Crippen molar-refractivity contribution in [2.45, 2.75) is 30.7 Å². The summed E-state index contributed by atoms with van der Waals surface area (Å²) in [6.07, 6.45) is 3.29. The van der Waals surface area contributed by atoms with E-state index in [0.29, 0.717) is 17.4 Å². The molecule has 5 heteroatoms. The zero-order valence-electron chi connectivity index (χ0n) is 14.6. The molecule has 0 radical (unpaired) electrons. The van der Waals surface area contributed by atoms with Gasteiger partial charge in [-0.05, 0) is 30.2 Å². The van der Waals surface area contributed by atoms with Crippen LogP contribution in [-0.4, -0.2) is 56.5 Å². The van der Waals surface area contributed by atoms with E-state index in [1.807, 2.05) is 11.0 Å². The number of benzene rings is 1. The first-order valence-electron chi connectivity index (χ1n) is 9.48. The molecule has 1 N–H and O–H groups in total. The smallest absolute Gasteiger partial charge is 0.317 e. The Bertz CT molecular complexity index is 658. The van der Waals surface area contributed by atoms with Crippen LogP contribution in [0.15, 0.2) is 30.3 Å². The van der Waals surface area contributed by atoms with E-state index in [1.165, 1.54) is 5.56 Å². The van der Waals surface area contributed by atoms with Crippen LogP contribution in [0.1, 0.15) is 24.8 Å². The summed E-state index contributed by atoms with van der Waals surface area (Å²) in [5.74, 6) is 0.400. The Hall–Kier alpha value is -1.59. The lowest BCUT2D eigenvalue weighted by atomic mass is 9.75. The van der Waals surface area contributed by atoms with Crippen molar-refractivity contribution in [3.63, 3.8) is 0 Å². The number of nitrogens with zero attached hydrogens (tertiary/aromatic N) is 1. The lowest BCUT2D eigenvalue weighted by molar-refractivity contribution is 0.0544. The molecule has 1 aliphatic carbocycles. The molecule has 3 saturated heterocycles. The fraction of sp³-hybridized carbons (Fsp3) is 0.650. The van der Waals surface area contributed by atoms with Crippen LogP contribution < -0.4 is 5.32 Å². The molecule has 1 aromatic rings. The van der Waals surface area contributed by atoms with Gasteiger partial charge in [-0.3, -0.25) is 0 Å². The number of hydrogen-bond donors (Lipinski definition) is 1. The van der Waals surface area contributed by atoms with Crippen molar-refractivity contribution in [2.24, 2.45) is 11.3 Å².